The lowest BCUT2D eigenvalue weighted by atomic mass is 10.1. The minimum absolute atomic E-state index is 0.0670. The Morgan fingerprint density at radius 3 is 2.83 bits per heavy atom. The number of carbonyl (C=O) groups is 2. The molecule has 4 nitrogen and oxygen atoms in total. The number of benzene rings is 1. The first-order chi connectivity index (χ1) is 11.4. The standard InChI is InChI=1S/C18H19ClN2O2S/c1-12-8-21(16-5-3-4-15(19)7-16)18(23)10-20(12)9-14-6-17(13(2)22)24-11-14/h3-7,11-12H,8-10H2,1-2H3/t12-/m1/s1. The van der Waals surface area contributed by atoms with E-state index >= 15 is 0 Å². The van der Waals surface area contributed by atoms with Gasteiger partial charge in [-0.05, 0) is 49.1 Å². The van der Waals surface area contributed by atoms with E-state index in [2.05, 4.69) is 11.8 Å². The molecule has 1 saturated heterocycles. The highest BCUT2D eigenvalue weighted by Crippen LogP contribution is 2.25. The van der Waals surface area contributed by atoms with Gasteiger partial charge in [0.2, 0.25) is 5.91 Å². The van der Waals surface area contributed by atoms with Crippen LogP contribution < -0.4 is 4.90 Å². The fourth-order valence-corrected chi connectivity index (χ4v) is 3.87. The Balaban J connectivity index is 1.71. The van der Waals surface area contributed by atoms with Crippen molar-refractivity contribution in [3.63, 3.8) is 0 Å². The highest BCUT2D eigenvalue weighted by molar-refractivity contribution is 7.12. The first-order valence-electron chi connectivity index (χ1n) is 7.82. The molecule has 6 heteroatoms. The number of amides is 1. The highest BCUT2D eigenvalue weighted by Gasteiger charge is 2.30. The summed E-state index contributed by atoms with van der Waals surface area (Å²) in [6.07, 6.45) is 0. The first kappa shape index (κ1) is 17.1. The van der Waals surface area contributed by atoms with Gasteiger partial charge in [0.05, 0.1) is 11.4 Å². The molecule has 1 aromatic carbocycles. The van der Waals surface area contributed by atoms with Gasteiger partial charge in [0.25, 0.3) is 0 Å². The zero-order chi connectivity index (χ0) is 17.3. The summed E-state index contributed by atoms with van der Waals surface area (Å²) in [5.74, 6) is 0.151. The number of carbonyl (C=O) groups excluding carboxylic acids is 2. The number of ketones is 1. The maximum absolute atomic E-state index is 12.6. The van der Waals surface area contributed by atoms with Crippen molar-refractivity contribution in [3.8, 4) is 0 Å². The molecule has 1 aliphatic heterocycles. The van der Waals surface area contributed by atoms with Crippen LogP contribution in [0.15, 0.2) is 35.7 Å². The Bertz CT molecular complexity index is 774. The molecular weight excluding hydrogens is 344 g/mol. The van der Waals surface area contributed by atoms with Gasteiger partial charge in [0, 0.05) is 29.8 Å². The van der Waals surface area contributed by atoms with Crippen LogP contribution in [0.1, 0.15) is 29.1 Å². The molecule has 2 heterocycles. The monoisotopic (exact) mass is 362 g/mol. The molecule has 24 heavy (non-hydrogen) atoms. The molecule has 1 aromatic heterocycles. The predicted molar refractivity (Wildman–Crippen MR) is 98.0 cm³/mol. The fraction of sp³-hybridized carbons (Fsp3) is 0.333. The van der Waals surface area contributed by atoms with Crippen LogP contribution in [0.3, 0.4) is 0 Å². The SMILES string of the molecule is CC(=O)c1cc(CN2CC(=O)N(c3cccc(Cl)c3)C[C@H]2C)cs1. The molecule has 0 spiro atoms. The third-order valence-electron chi connectivity index (χ3n) is 4.22. The summed E-state index contributed by atoms with van der Waals surface area (Å²) in [4.78, 5) is 28.7. The zero-order valence-corrected chi connectivity index (χ0v) is 15.2. The number of halogens is 1. The molecule has 1 fully saturated rings. The van der Waals surface area contributed by atoms with Gasteiger partial charge in [-0.1, -0.05) is 17.7 Å². The summed E-state index contributed by atoms with van der Waals surface area (Å²) in [5, 5.41) is 2.63. The van der Waals surface area contributed by atoms with Gasteiger partial charge in [-0.3, -0.25) is 14.5 Å². The predicted octanol–water partition coefficient (Wildman–Crippen LogP) is 3.84. The van der Waals surface area contributed by atoms with E-state index < -0.39 is 0 Å². The number of Topliss-reactive ketones (excluding diaryl/α,β-unsaturated/α-hetero) is 1. The third kappa shape index (κ3) is 3.69. The van der Waals surface area contributed by atoms with Gasteiger partial charge >= 0.3 is 0 Å². The maximum atomic E-state index is 12.6. The minimum atomic E-state index is 0.0670. The second-order valence-electron chi connectivity index (χ2n) is 6.11. The van der Waals surface area contributed by atoms with Gasteiger partial charge < -0.3 is 4.90 Å². The number of piperazine rings is 1. The van der Waals surface area contributed by atoms with Crippen molar-refractivity contribution in [1.29, 1.82) is 0 Å². The summed E-state index contributed by atoms with van der Waals surface area (Å²) < 4.78 is 0. The van der Waals surface area contributed by atoms with Crippen LogP contribution in [0.25, 0.3) is 0 Å². The van der Waals surface area contributed by atoms with E-state index in [9.17, 15) is 9.59 Å². The summed E-state index contributed by atoms with van der Waals surface area (Å²) >= 11 is 7.50. The highest BCUT2D eigenvalue weighted by atomic mass is 35.5. The molecule has 0 bridgehead atoms. The summed E-state index contributed by atoms with van der Waals surface area (Å²) in [6, 6.07) is 9.54. The number of rotatable bonds is 4. The number of hydrogen-bond donors (Lipinski definition) is 0. The Morgan fingerprint density at radius 2 is 2.17 bits per heavy atom. The van der Waals surface area contributed by atoms with Crippen LogP contribution in [-0.2, 0) is 11.3 Å². The van der Waals surface area contributed by atoms with Gasteiger partial charge in [-0.2, -0.15) is 0 Å². The maximum Gasteiger partial charge on any atom is 0.241 e. The van der Waals surface area contributed by atoms with Crippen LogP contribution in [0, 0.1) is 0 Å². The van der Waals surface area contributed by atoms with Gasteiger partial charge in [0.1, 0.15) is 0 Å². The van der Waals surface area contributed by atoms with E-state index in [1.165, 1.54) is 11.3 Å². The van der Waals surface area contributed by atoms with E-state index in [-0.39, 0.29) is 17.7 Å². The second kappa shape index (κ2) is 7.05. The lowest BCUT2D eigenvalue weighted by molar-refractivity contribution is -0.122. The van der Waals surface area contributed by atoms with Crippen LogP contribution >= 0.6 is 22.9 Å². The normalized spacial score (nSPS) is 18.9. The van der Waals surface area contributed by atoms with E-state index in [0.717, 1.165) is 16.1 Å². The van der Waals surface area contributed by atoms with Crippen LogP contribution in [-0.4, -0.2) is 35.7 Å². The van der Waals surface area contributed by atoms with Crippen molar-refractivity contribution in [2.45, 2.75) is 26.4 Å². The molecule has 1 amide bonds. The number of anilines is 1. The molecule has 1 atom stereocenters. The van der Waals surface area contributed by atoms with Crippen LogP contribution in [0.5, 0.6) is 0 Å². The van der Waals surface area contributed by atoms with Gasteiger partial charge in [-0.15, -0.1) is 11.3 Å². The molecule has 0 radical (unpaired) electrons. The Hall–Kier alpha value is -1.69. The minimum Gasteiger partial charge on any atom is -0.310 e. The van der Waals surface area contributed by atoms with Gasteiger partial charge in [-0.25, -0.2) is 0 Å². The average molecular weight is 363 g/mol. The summed E-state index contributed by atoms with van der Waals surface area (Å²) in [7, 11) is 0. The van der Waals surface area contributed by atoms with E-state index in [0.29, 0.717) is 24.7 Å². The topological polar surface area (TPSA) is 40.6 Å². The Morgan fingerprint density at radius 1 is 1.38 bits per heavy atom. The number of hydrogen-bond acceptors (Lipinski definition) is 4. The lowest BCUT2D eigenvalue weighted by Crippen LogP contribution is -2.54. The smallest absolute Gasteiger partial charge is 0.241 e. The van der Waals surface area contributed by atoms with Gasteiger partial charge in [0.15, 0.2) is 5.78 Å². The zero-order valence-electron chi connectivity index (χ0n) is 13.7. The molecule has 0 N–H and O–H groups in total. The molecule has 0 aliphatic carbocycles. The largest absolute Gasteiger partial charge is 0.310 e. The molecule has 3 rings (SSSR count). The van der Waals surface area contributed by atoms with Crippen molar-refractivity contribution in [1.82, 2.24) is 4.90 Å². The van der Waals surface area contributed by atoms with Crippen LogP contribution in [0.2, 0.25) is 5.02 Å². The second-order valence-corrected chi connectivity index (χ2v) is 7.46. The molecule has 1 aliphatic rings. The lowest BCUT2D eigenvalue weighted by Gasteiger charge is -2.39. The number of thiophene rings is 1. The Kier molecular flexibility index (Phi) is 5.04. The van der Waals surface area contributed by atoms with Crippen molar-refractivity contribution in [2.75, 3.05) is 18.0 Å². The fourth-order valence-electron chi connectivity index (χ4n) is 2.88. The third-order valence-corrected chi connectivity index (χ3v) is 5.53. The Labute approximate surface area is 150 Å². The van der Waals surface area contributed by atoms with Crippen molar-refractivity contribution in [2.24, 2.45) is 0 Å². The van der Waals surface area contributed by atoms with Crippen molar-refractivity contribution >= 4 is 40.3 Å². The van der Waals surface area contributed by atoms with E-state index in [1.807, 2.05) is 29.6 Å². The molecule has 2 aromatic rings. The van der Waals surface area contributed by atoms with E-state index in [4.69, 9.17) is 11.6 Å². The quantitative estimate of drug-likeness (QED) is 0.776. The van der Waals surface area contributed by atoms with E-state index in [1.54, 1.807) is 17.9 Å². The molecular formula is C18H19ClN2O2S. The molecule has 0 unspecified atom stereocenters. The number of nitrogens with zero attached hydrogens (tertiary/aromatic N) is 2. The van der Waals surface area contributed by atoms with Crippen LogP contribution in [0.4, 0.5) is 5.69 Å². The average Bonchev–Trinajstić information content (AvgIpc) is 2.99. The molecule has 126 valence electrons. The first-order valence-corrected chi connectivity index (χ1v) is 9.08. The summed E-state index contributed by atoms with van der Waals surface area (Å²) in [5.41, 5.74) is 1.93. The summed E-state index contributed by atoms with van der Waals surface area (Å²) in [6.45, 7) is 5.36. The van der Waals surface area contributed by atoms with Crippen molar-refractivity contribution < 1.29 is 9.59 Å². The van der Waals surface area contributed by atoms with Crippen molar-refractivity contribution in [3.05, 3.63) is 51.2 Å². The molecule has 0 saturated carbocycles.